The highest BCUT2D eigenvalue weighted by molar-refractivity contribution is 9.10. The molecule has 0 aliphatic carbocycles. The number of aryl methyl sites for hydroxylation is 1. The third-order valence-corrected chi connectivity index (χ3v) is 3.31. The Morgan fingerprint density at radius 2 is 2.19 bits per heavy atom. The normalized spacial score (nSPS) is 12.7. The first-order valence-electron chi connectivity index (χ1n) is 5.19. The molecule has 2 rings (SSSR count). The Bertz CT molecular complexity index is 465. The highest BCUT2D eigenvalue weighted by Gasteiger charge is 2.11. The number of hydrogen-bond donors (Lipinski definition) is 1. The summed E-state index contributed by atoms with van der Waals surface area (Å²) in [6.45, 7) is 2.07. The molecule has 0 saturated carbocycles. The largest absolute Gasteiger partial charge is 0.472 e. The van der Waals surface area contributed by atoms with Gasteiger partial charge in [-0.3, -0.25) is 0 Å². The molecule has 1 heterocycles. The zero-order valence-corrected chi connectivity index (χ0v) is 10.7. The molecule has 2 nitrogen and oxygen atoms in total. The van der Waals surface area contributed by atoms with Crippen molar-refractivity contribution in [3.05, 3.63) is 58.0 Å². The minimum absolute atomic E-state index is 0.00752. The van der Waals surface area contributed by atoms with E-state index in [0.717, 1.165) is 22.0 Å². The molecule has 0 bridgehead atoms. The first-order chi connectivity index (χ1) is 7.66. The molecule has 0 saturated heterocycles. The Balaban J connectivity index is 2.20. The zero-order valence-electron chi connectivity index (χ0n) is 9.11. The minimum Gasteiger partial charge on any atom is -0.472 e. The van der Waals surface area contributed by atoms with E-state index in [9.17, 15) is 0 Å². The first-order valence-corrected chi connectivity index (χ1v) is 5.99. The van der Waals surface area contributed by atoms with E-state index in [1.54, 1.807) is 12.5 Å². The molecular formula is C13H14BrNO. The topological polar surface area (TPSA) is 39.2 Å². The fourth-order valence-electron chi connectivity index (χ4n) is 1.72. The standard InChI is InChI=1S/C13H14BrNO/c1-9-2-3-12(14)11(6-9)13(15)7-10-4-5-16-8-10/h2-6,8,13H,7,15H2,1H3. The van der Waals surface area contributed by atoms with E-state index >= 15 is 0 Å². The van der Waals surface area contributed by atoms with Crippen molar-refractivity contribution in [1.29, 1.82) is 0 Å². The van der Waals surface area contributed by atoms with Crippen LogP contribution in [-0.4, -0.2) is 0 Å². The zero-order chi connectivity index (χ0) is 11.5. The Morgan fingerprint density at radius 1 is 1.38 bits per heavy atom. The summed E-state index contributed by atoms with van der Waals surface area (Å²) in [6.07, 6.45) is 4.20. The van der Waals surface area contributed by atoms with Crippen LogP contribution in [0.15, 0.2) is 45.7 Å². The van der Waals surface area contributed by atoms with Gasteiger partial charge in [0.25, 0.3) is 0 Å². The quantitative estimate of drug-likeness (QED) is 0.933. The van der Waals surface area contributed by atoms with Crippen LogP contribution in [0.3, 0.4) is 0 Å². The number of benzene rings is 1. The molecule has 16 heavy (non-hydrogen) atoms. The third kappa shape index (κ3) is 2.54. The van der Waals surface area contributed by atoms with E-state index in [-0.39, 0.29) is 6.04 Å². The Morgan fingerprint density at radius 3 is 2.88 bits per heavy atom. The third-order valence-electron chi connectivity index (χ3n) is 2.59. The summed E-state index contributed by atoms with van der Waals surface area (Å²) < 4.78 is 6.10. The SMILES string of the molecule is Cc1ccc(Br)c(C(N)Cc2ccoc2)c1. The van der Waals surface area contributed by atoms with Gasteiger partial charge in [-0.2, -0.15) is 0 Å². The Hall–Kier alpha value is -1.06. The van der Waals surface area contributed by atoms with Gasteiger partial charge in [-0.15, -0.1) is 0 Å². The lowest BCUT2D eigenvalue weighted by atomic mass is 10.00. The minimum atomic E-state index is -0.00752. The maximum Gasteiger partial charge on any atom is 0.0935 e. The summed E-state index contributed by atoms with van der Waals surface area (Å²) in [5.41, 5.74) is 9.67. The van der Waals surface area contributed by atoms with Crippen LogP contribution < -0.4 is 5.73 Å². The van der Waals surface area contributed by atoms with E-state index in [4.69, 9.17) is 10.2 Å². The molecule has 1 aromatic carbocycles. The summed E-state index contributed by atoms with van der Waals surface area (Å²) in [4.78, 5) is 0. The van der Waals surface area contributed by atoms with Crippen LogP contribution in [0.5, 0.6) is 0 Å². The second-order valence-electron chi connectivity index (χ2n) is 3.97. The van der Waals surface area contributed by atoms with Gasteiger partial charge in [0, 0.05) is 10.5 Å². The van der Waals surface area contributed by atoms with Gasteiger partial charge in [0.05, 0.1) is 12.5 Å². The van der Waals surface area contributed by atoms with Crippen molar-refractivity contribution in [3.63, 3.8) is 0 Å². The number of halogens is 1. The lowest BCUT2D eigenvalue weighted by molar-refractivity contribution is 0.561. The molecule has 0 radical (unpaired) electrons. The van der Waals surface area contributed by atoms with Crippen LogP contribution in [0, 0.1) is 6.92 Å². The number of nitrogens with two attached hydrogens (primary N) is 1. The van der Waals surface area contributed by atoms with Gasteiger partial charge in [0.2, 0.25) is 0 Å². The fourth-order valence-corrected chi connectivity index (χ4v) is 2.26. The fraction of sp³-hybridized carbons (Fsp3) is 0.231. The average molecular weight is 280 g/mol. The van der Waals surface area contributed by atoms with Crippen LogP contribution in [0.1, 0.15) is 22.7 Å². The predicted octanol–water partition coefficient (Wildman–Crippen LogP) is 3.59. The molecule has 0 amide bonds. The van der Waals surface area contributed by atoms with Gasteiger partial charge in [0.15, 0.2) is 0 Å². The predicted molar refractivity (Wildman–Crippen MR) is 68.2 cm³/mol. The highest BCUT2D eigenvalue weighted by atomic mass is 79.9. The molecule has 0 aliphatic heterocycles. The van der Waals surface area contributed by atoms with E-state index < -0.39 is 0 Å². The van der Waals surface area contributed by atoms with E-state index in [2.05, 4.69) is 35.0 Å². The summed E-state index contributed by atoms with van der Waals surface area (Å²) in [5, 5.41) is 0. The second-order valence-corrected chi connectivity index (χ2v) is 4.82. The van der Waals surface area contributed by atoms with Gasteiger partial charge in [-0.1, -0.05) is 33.6 Å². The second kappa shape index (κ2) is 4.85. The molecule has 2 N–H and O–H groups in total. The van der Waals surface area contributed by atoms with Crippen LogP contribution in [0.2, 0.25) is 0 Å². The van der Waals surface area contributed by atoms with Crippen molar-refractivity contribution in [1.82, 2.24) is 0 Å². The van der Waals surface area contributed by atoms with Crippen LogP contribution in [-0.2, 0) is 6.42 Å². The molecule has 3 heteroatoms. The summed E-state index contributed by atoms with van der Waals surface area (Å²) in [7, 11) is 0. The number of rotatable bonds is 3. The van der Waals surface area contributed by atoms with Crippen LogP contribution in [0.25, 0.3) is 0 Å². The molecule has 1 atom stereocenters. The van der Waals surface area contributed by atoms with Crippen molar-refractivity contribution < 1.29 is 4.42 Å². The van der Waals surface area contributed by atoms with Gasteiger partial charge >= 0.3 is 0 Å². The van der Waals surface area contributed by atoms with Gasteiger partial charge in [-0.25, -0.2) is 0 Å². The number of furan rings is 1. The maximum atomic E-state index is 6.18. The Labute approximate surface area is 104 Å². The van der Waals surface area contributed by atoms with Gasteiger partial charge < -0.3 is 10.2 Å². The Kier molecular flexibility index (Phi) is 3.46. The van der Waals surface area contributed by atoms with Gasteiger partial charge in [-0.05, 0) is 36.6 Å². The summed E-state index contributed by atoms with van der Waals surface area (Å²) in [5.74, 6) is 0. The molecule has 0 aliphatic rings. The van der Waals surface area contributed by atoms with Gasteiger partial charge in [0.1, 0.15) is 0 Å². The lowest BCUT2D eigenvalue weighted by Crippen LogP contribution is -2.13. The molecule has 1 aromatic heterocycles. The molecular weight excluding hydrogens is 266 g/mol. The van der Waals surface area contributed by atoms with Crippen molar-refractivity contribution in [2.75, 3.05) is 0 Å². The van der Waals surface area contributed by atoms with Crippen molar-refractivity contribution in [2.24, 2.45) is 5.73 Å². The molecule has 84 valence electrons. The van der Waals surface area contributed by atoms with E-state index in [1.807, 2.05) is 12.1 Å². The van der Waals surface area contributed by atoms with Crippen molar-refractivity contribution >= 4 is 15.9 Å². The highest BCUT2D eigenvalue weighted by Crippen LogP contribution is 2.25. The smallest absolute Gasteiger partial charge is 0.0935 e. The maximum absolute atomic E-state index is 6.18. The summed E-state index contributed by atoms with van der Waals surface area (Å²) >= 11 is 3.53. The monoisotopic (exact) mass is 279 g/mol. The van der Waals surface area contributed by atoms with Crippen LogP contribution in [0.4, 0.5) is 0 Å². The lowest BCUT2D eigenvalue weighted by Gasteiger charge is -2.13. The molecule has 0 spiro atoms. The van der Waals surface area contributed by atoms with E-state index in [1.165, 1.54) is 5.56 Å². The molecule has 2 aromatic rings. The van der Waals surface area contributed by atoms with E-state index in [0.29, 0.717) is 0 Å². The van der Waals surface area contributed by atoms with Crippen molar-refractivity contribution in [2.45, 2.75) is 19.4 Å². The van der Waals surface area contributed by atoms with Crippen molar-refractivity contribution in [3.8, 4) is 0 Å². The molecule has 1 unspecified atom stereocenters. The van der Waals surface area contributed by atoms with Crippen LogP contribution >= 0.6 is 15.9 Å². The number of hydrogen-bond acceptors (Lipinski definition) is 2. The summed E-state index contributed by atoms with van der Waals surface area (Å²) in [6, 6.07) is 8.17. The average Bonchev–Trinajstić information content (AvgIpc) is 2.74. The first kappa shape index (κ1) is 11.4. The molecule has 0 fully saturated rings.